The lowest BCUT2D eigenvalue weighted by Crippen LogP contribution is -2.48. The molecule has 1 saturated heterocycles. The second kappa shape index (κ2) is 8.81. The van der Waals surface area contributed by atoms with Crippen LogP contribution in [0.1, 0.15) is 29.2 Å². The van der Waals surface area contributed by atoms with Gasteiger partial charge in [-0.05, 0) is 30.5 Å². The van der Waals surface area contributed by atoms with Crippen LogP contribution in [-0.4, -0.2) is 35.4 Å². The highest BCUT2D eigenvalue weighted by molar-refractivity contribution is 5.85. The van der Waals surface area contributed by atoms with Crippen LogP contribution in [0.25, 0.3) is 0 Å². The Kier molecular flexibility index (Phi) is 6.76. The summed E-state index contributed by atoms with van der Waals surface area (Å²) in [6.45, 7) is 4.49. The van der Waals surface area contributed by atoms with E-state index in [0.717, 1.165) is 31.6 Å². The van der Waals surface area contributed by atoms with E-state index in [1.807, 2.05) is 23.2 Å². The van der Waals surface area contributed by atoms with Crippen molar-refractivity contribution >= 4 is 18.3 Å². The Morgan fingerprint density at radius 2 is 2.21 bits per heavy atom. The molecular formula is C19H24ClN3O. The molecule has 1 atom stereocenters. The third-order valence-electron chi connectivity index (χ3n) is 4.34. The monoisotopic (exact) mass is 345 g/mol. The molecule has 5 heteroatoms. The fourth-order valence-electron chi connectivity index (χ4n) is 3.14. The van der Waals surface area contributed by atoms with Crippen LogP contribution in [0, 0.1) is 6.92 Å². The summed E-state index contributed by atoms with van der Waals surface area (Å²) in [5.41, 5.74) is 3.57. The summed E-state index contributed by atoms with van der Waals surface area (Å²) in [6.07, 6.45) is 4.98. The number of benzene rings is 1. The fraction of sp³-hybridized carbons (Fsp3) is 0.368. The number of piperazine rings is 1. The number of nitrogens with zero attached hydrogens (tertiary/aromatic N) is 2. The number of halogens is 1. The molecule has 4 nitrogen and oxygen atoms in total. The molecule has 1 aliphatic heterocycles. The maximum atomic E-state index is 12.7. The van der Waals surface area contributed by atoms with Crippen molar-refractivity contribution in [2.45, 2.75) is 25.8 Å². The van der Waals surface area contributed by atoms with Crippen LogP contribution in [0.15, 0.2) is 48.8 Å². The third-order valence-corrected chi connectivity index (χ3v) is 4.34. The summed E-state index contributed by atoms with van der Waals surface area (Å²) in [5.74, 6) is 0.224. The van der Waals surface area contributed by atoms with E-state index in [2.05, 4.69) is 41.5 Å². The third kappa shape index (κ3) is 4.56. The van der Waals surface area contributed by atoms with E-state index in [9.17, 15) is 4.79 Å². The minimum Gasteiger partial charge on any atom is -0.333 e. The van der Waals surface area contributed by atoms with Crippen molar-refractivity contribution in [3.63, 3.8) is 0 Å². The van der Waals surface area contributed by atoms with Gasteiger partial charge in [0.1, 0.15) is 0 Å². The minimum absolute atomic E-state index is 0. The smallest absolute Gasteiger partial charge is 0.223 e. The Bertz CT molecular complexity index is 663. The van der Waals surface area contributed by atoms with Gasteiger partial charge in [0.15, 0.2) is 0 Å². The lowest BCUT2D eigenvalue weighted by Gasteiger charge is -2.36. The van der Waals surface area contributed by atoms with Crippen molar-refractivity contribution in [2.75, 3.05) is 19.6 Å². The molecule has 24 heavy (non-hydrogen) atoms. The van der Waals surface area contributed by atoms with Gasteiger partial charge in [-0.1, -0.05) is 35.9 Å². The van der Waals surface area contributed by atoms with Gasteiger partial charge < -0.3 is 10.2 Å². The normalized spacial score (nSPS) is 17.2. The predicted octanol–water partition coefficient (Wildman–Crippen LogP) is 2.92. The standard InChI is InChI=1S/C19H23N3O.ClH/c1-15-4-2-5-16(12-15)7-8-19(23)22-11-10-21-14-18(22)17-6-3-9-20-13-17;/h2-6,9,12-13,18,21H,7-8,10-11,14H2,1H3;1H. The second-order valence-corrected chi connectivity index (χ2v) is 6.08. The number of hydrogen-bond donors (Lipinski definition) is 1. The van der Waals surface area contributed by atoms with Gasteiger partial charge >= 0.3 is 0 Å². The van der Waals surface area contributed by atoms with Crippen LogP contribution < -0.4 is 5.32 Å². The van der Waals surface area contributed by atoms with Gasteiger partial charge in [0.2, 0.25) is 5.91 Å². The SMILES string of the molecule is Cc1cccc(CCC(=O)N2CCNCC2c2cccnc2)c1.Cl. The van der Waals surface area contributed by atoms with Crippen LogP contribution in [0.2, 0.25) is 0 Å². The van der Waals surface area contributed by atoms with E-state index in [1.165, 1.54) is 11.1 Å². The zero-order valence-electron chi connectivity index (χ0n) is 13.9. The van der Waals surface area contributed by atoms with Gasteiger partial charge in [0.05, 0.1) is 6.04 Å². The van der Waals surface area contributed by atoms with E-state index in [-0.39, 0.29) is 24.4 Å². The molecule has 1 aliphatic rings. The summed E-state index contributed by atoms with van der Waals surface area (Å²) in [7, 11) is 0. The molecular weight excluding hydrogens is 322 g/mol. The largest absolute Gasteiger partial charge is 0.333 e. The molecule has 1 aromatic heterocycles. The van der Waals surface area contributed by atoms with Gasteiger partial charge in [-0.2, -0.15) is 0 Å². The molecule has 0 spiro atoms. The summed E-state index contributed by atoms with van der Waals surface area (Å²) < 4.78 is 0. The highest BCUT2D eigenvalue weighted by atomic mass is 35.5. The second-order valence-electron chi connectivity index (χ2n) is 6.08. The molecule has 1 aromatic carbocycles. The van der Waals surface area contributed by atoms with Crippen LogP contribution in [0.5, 0.6) is 0 Å². The first kappa shape index (κ1) is 18.4. The molecule has 0 bridgehead atoms. The molecule has 0 saturated carbocycles. The first-order valence-corrected chi connectivity index (χ1v) is 8.20. The van der Waals surface area contributed by atoms with E-state index in [0.29, 0.717) is 6.42 Å². The molecule has 1 fully saturated rings. The number of hydrogen-bond acceptors (Lipinski definition) is 3. The van der Waals surface area contributed by atoms with Crippen LogP contribution in [0.3, 0.4) is 0 Å². The van der Waals surface area contributed by atoms with Crippen molar-refractivity contribution in [3.05, 3.63) is 65.5 Å². The number of rotatable bonds is 4. The zero-order valence-corrected chi connectivity index (χ0v) is 14.8. The molecule has 1 unspecified atom stereocenters. The average Bonchev–Trinajstić information content (AvgIpc) is 2.60. The number of nitrogens with one attached hydrogen (secondary N) is 1. The van der Waals surface area contributed by atoms with Crippen LogP contribution >= 0.6 is 12.4 Å². The average molecular weight is 346 g/mol. The topological polar surface area (TPSA) is 45.2 Å². The Morgan fingerprint density at radius 1 is 1.33 bits per heavy atom. The lowest BCUT2D eigenvalue weighted by atomic mass is 10.0. The molecule has 128 valence electrons. The molecule has 2 heterocycles. The summed E-state index contributed by atoms with van der Waals surface area (Å²) in [5, 5.41) is 3.38. The maximum Gasteiger partial charge on any atom is 0.223 e. The highest BCUT2D eigenvalue weighted by Crippen LogP contribution is 2.22. The van der Waals surface area contributed by atoms with E-state index >= 15 is 0 Å². The van der Waals surface area contributed by atoms with E-state index in [4.69, 9.17) is 0 Å². The highest BCUT2D eigenvalue weighted by Gasteiger charge is 2.27. The van der Waals surface area contributed by atoms with Gasteiger partial charge in [-0.15, -0.1) is 12.4 Å². The van der Waals surface area contributed by atoms with Crippen LogP contribution in [0.4, 0.5) is 0 Å². The molecule has 1 amide bonds. The van der Waals surface area contributed by atoms with Gasteiger partial charge in [-0.3, -0.25) is 9.78 Å². The Hall–Kier alpha value is -1.91. The number of carbonyl (C=O) groups is 1. The fourth-order valence-corrected chi connectivity index (χ4v) is 3.14. The summed E-state index contributed by atoms with van der Waals surface area (Å²) in [6, 6.07) is 12.5. The van der Waals surface area contributed by atoms with Gasteiger partial charge in [0.25, 0.3) is 0 Å². The van der Waals surface area contributed by atoms with Crippen molar-refractivity contribution in [2.24, 2.45) is 0 Å². The molecule has 2 aromatic rings. The molecule has 0 radical (unpaired) electrons. The lowest BCUT2D eigenvalue weighted by molar-refractivity contribution is -0.134. The molecule has 0 aliphatic carbocycles. The van der Waals surface area contributed by atoms with Crippen LogP contribution in [-0.2, 0) is 11.2 Å². The van der Waals surface area contributed by atoms with Crippen molar-refractivity contribution < 1.29 is 4.79 Å². The molecule has 3 rings (SSSR count). The van der Waals surface area contributed by atoms with Crippen molar-refractivity contribution in [1.29, 1.82) is 0 Å². The van der Waals surface area contributed by atoms with Gasteiger partial charge in [0, 0.05) is 38.4 Å². The van der Waals surface area contributed by atoms with Gasteiger partial charge in [-0.25, -0.2) is 0 Å². The maximum absolute atomic E-state index is 12.7. The van der Waals surface area contributed by atoms with E-state index < -0.39 is 0 Å². The molecule has 1 N–H and O–H groups in total. The minimum atomic E-state index is 0. The van der Waals surface area contributed by atoms with Crippen molar-refractivity contribution in [1.82, 2.24) is 15.2 Å². The Morgan fingerprint density at radius 3 is 2.96 bits per heavy atom. The number of pyridine rings is 1. The zero-order chi connectivity index (χ0) is 16.1. The Balaban J connectivity index is 0.00000208. The van der Waals surface area contributed by atoms with E-state index in [1.54, 1.807) is 6.20 Å². The first-order chi connectivity index (χ1) is 11.2. The summed E-state index contributed by atoms with van der Waals surface area (Å²) in [4.78, 5) is 18.9. The quantitative estimate of drug-likeness (QED) is 0.926. The predicted molar refractivity (Wildman–Crippen MR) is 98.3 cm³/mol. The number of amides is 1. The summed E-state index contributed by atoms with van der Waals surface area (Å²) >= 11 is 0. The number of aromatic nitrogens is 1. The van der Waals surface area contributed by atoms with Crippen molar-refractivity contribution in [3.8, 4) is 0 Å². The Labute approximate surface area is 149 Å². The first-order valence-electron chi connectivity index (χ1n) is 8.20. The number of aryl methyl sites for hydroxylation is 2. The number of carbonyl (C=O) groups excluding carboxylic acids is 1.